The van der Waals surface area contributed by atoms with Gasteiger partial charge in [0.15, 0.2) is 0 Å². The molecule has 19 heavy (non-hydrogen) atoms. The van der Waals surface area contributed by atoms with E-state index in [1.807, 2.05) is 0 Å². The third-order valence-electron chi connectivity index (χ3n) is 2.33. The molecular formula is C10H14N6O3. The Morgan fingerprint density at radius 3 is 2.53 bits per heavy atom. The third kappa shape index (κ3) is 3.06. The van der Waals surface area contributed by atoms with Crippen LogP contribution in [0.3, 0.4) is 0 Å². The van der Waals surface area contributed by atoms with E-state index in [0.717, 1.165) is 0 Å². The summed E-state index contributed by atoms with van der Waals surface area (Å²) in [5.41, 5.74) is 0. The molecule has 0 saturated carbocycles. The molecule has 1 aliphatic rings. The second-order valence-corrected chi connectivity index (χ2v) is 3.75. The van der Waals surface area contributed by atoms with Crippen molar-refractivity contribution in [3.05, 3.63) is 0 Å². The summed E-state index contributed by atoms with van der Waals surface area (Å²) < 4.78 is 5.22. The number of piperazine rings is 1. The number of ether oxygens (including phenoxy) is 1. The molecule has 0 atom stereocenters. The van der Waals surface area contributed by atoms with Crippen LogP contribution >= 0.6 is 0 Å². The Kier molecular flexibility index (Phi) is 3.74. The highest BCUT2D eigenvalue weighted by molar-refractivity contribution is 6.02. The smallest absolute Gasteiger partial charge is 0.323 e. The number of anilines is 2. The van der Waals surface area contributed by atoms with E-state index in [-0.39, 0.29) is 36.9 Å². The van der Waals surface area contributed by atoms with Crippen LogP contribution in [0.1, 0.15) is 6.92 Å². The van der Waals surface area contributed by atoms with Crippen molar-refractivity contribution in [1.82, 2.24) is 20.3 Å². The minimum Gasteiger partial charge on any atom is -0.464 e. The number of hydrogen-bond donors (Lipinski definition) is 2. The lowest BCUT2D eigenvalue weighted by atomic mass is 10.3. The minimum absolute atomic E-state index is 0.0183. The second kappa shape index (κ2) is 5.46. The lowest BCUT2D eigenvalue weighted by molar-refractivity contribution is -0.130. The molecule has 0 unspecified atom stereocenters. The fraction of sp³-hybridized carbons (Fsp3) is 0.500. The maximum absolute atomic E-state index is 11.3. The van der Waals surface area contributed by atoms with Gasteiger partial charge >= 0.3 is 6.01 Å². The standard InChI is InChI=1S/C10H14N6O3/c1-3-19-10-14-8(11-2)13-9(15-10)16-4-6(17)12-7(18)5-16/h3-5H2,1-2H3,(H,12,17,18)(H,11,13,14,15). The van der Waals surface area contributed by atoms with Crippen LogP contribution < -0.4 is 20.3 Å². The zero-order valence-electron chi connectivity index (χ0n) is 10.6. The first-order chi connectivity index (χ1) is 9.12. The van der Waals surface area contributed by atoms with E-state index in [2.05, 4.69) is 25.6 Å². The Balaban J connectivity index is 2.29. The molecule has 1 fully saturated rings. The summed E-state index contributed by atoms with van der Waals surface area (Å²) >= 11 is 0. The lowest BCUT2D eigenvalue weighted by Gasteiger charge is -2.25. The van der Waals surface area contributed by atoms with E-state index in [1.165, 1.54) is 4.90 Å². The van der Waals surface area contributed by atoms with E-state index in [0.29, 0.717) is 12.6 Å². The van der Waals surface area contributed by atoms with Gasteiger partial charge in [0.1, 0.15) is 13.1 Å². The van der Waals surface area contributed by atoms with Crippen molar-refractivity contribution in [3.63, 3.8) is 0 Å². The first-order valence-corrected chi connectivity index (χ1v) is 5.76. The van der Waals surface area contributed by atoms with Gasteiger partial charge in [0, 0.05) is 7.05 Å². The van der Waals surface area contributed by atoms with Gasteiger partial charge in [-0.1, -0.05) is 0 Å². The normalized spacial score (nSPS) is 15.2. The highest BCUT2D eigenvalue weighted by atomic mass is 16.5. The number of amides is 2. The molecule has 0 bridgehead atoms. The Hall–Kier alpha value is -2.45. The Morgan fingerprint density at radius 1 is 1.26 bits per heavy atom. The second-order valence-electron chi connectivity index (χ2n) is 3.75. The van der Waals surface area contributed by atoms with Crippen LogP contribution in [0.4, 0.5) is 11.9 Å². The van der Waals surface area contributed by atoms with Gasteiger partial charge in [-0.05, 0) is 6.92 Å². The number of carbonyl (C=O) groups excluding carboxylic acids is 2. The van der Waals surface area contributed by atoms with Crippen LogP contribution in [0, 0.1) is 0 Å². The van der Waals surface area contributed by atoms with Gasteiger partial charge in [-0.3, -0.25) is 14.9 Å². The average molecular weight is 266 g/mol. The van der Waals surface area contributed by atoms with Crippen LogP contribution in [0.15, 0.2) is 0 Å². The molecule has 2 amide bonds. The number of carbonyl (C=O) groups is 2. The molecule has 0 radical (unpaired) electrons. The first kappa shape index (κ1) is 13.0. The maximum atomic E-state index is 11.3. The van der Waals surface area contributed by atoms with E-state index >= 15 is 0 Å². The molecular weight excluding hydrogens is 252 g/mol. The topological polar surface area (TPSA) is 109 Å². The van der Waals surface area contributed by atoms with Crippen molar-refractivity contribution in [2.24, 2.45) is 0 Å². The summed E-state index contributed by atoms with van der Waals surface area (Å²) in [6.45, 7) is 2.25. The van der Waals surface area contributed by atoms with Gasteiger partial charge in [0.25, 0.3) is 0 Å². The highest BCUT2D eigenvalue weighted by Gasteiger charge is 2.25. The maximum Gasteiger partial charge on any atom is 0.323 e. The molecule has 2 heterocycles. The number of aromatic nitrogens is 3. The quantitative estimate of drug-likeness (QED) is 0.652. The molecule has 2 N–H and O–H groups in total. The van der Waals surface area contributed by atoms with Crippen molar-refractivity contribution in [1.29, 1.82) is 0 Å². The molecule has 102 valence electrons. The fourth-order valence-electron chi connectivity index (χ4n) is 1.57. The number of rotatable bonds is 4. The van der Waals surface area contributed by atoms with Gasteiger partial charge in [-0.15, -0.1) is 0 Å². The van der Waals surface area contributed by atoms with E-state index in [1.54, 1.807) is 14.0 Å². The van der Waals surface area contributed by atoms with Crippen LogP contribution in [-0.4, -0.2) is 53.5 Å². The number of hydrogen-bond acceptors (Lipinski definition) is 8. The lowest BCUT2D eigenvalue weighted by Crippen LogP contribution is -2.52. The van der Waals surface area contributed by atoms with Crippen molar-refractivity contribution in [2.45, 2.75) is 6.92 Å². The average Bonchev–Trinajstić information content (AvgIpc) is 2.37. The molecule has 1 aromatic rings. The van der Waals surface area contributed by atoms with E-state index in [9.17, 15) is 9.59 Å². The first-order valence-electron chi connectivity index (χ1n) is 5.76. The fourth-order valence-corrected chi connectivity index (χ4v) is 1.57. The monoisotopic (exact) mass is 266 g/mol. The number of imide groups is 1. The van der Waals surface area contributed by atoms with Crippen molar-refractivity contribution in [3.8, 4) is 6.01 Å². The minimum atomic E-state index is -0.388. The summed E-state index contributed by atoms with van der Waals surface area (Å²) in [5, 5.41) is 4.98. The van der Waals surface area contributed by atoms with Gasteiger partial charge < -0.3 is 15.0 Å². The van der Waals surface area contributed by atoms with Crippen molar-refractivity contribution >= 4 is 23.7 Å². The predicted octanol–water partition coefficient (Wildman–Crippen LogP) is -1.23. The molecule has 9 heteroatoms. The summed E-state index contributed by atoms with van der Waals surface area (Å²) in [7, 11) is 1.66. The van der Waals surface area contributed by atoms with Gasteiger partial charge in [0.05, 0.1) is 6.61 Å². The number of nitrogens with one attached hydrogen (secondary N) is 2. The summed E-state index contributed by atoms with van der Waals surface area (Å²) in [6, 6.07) is 0.148. The zero-order chi connectivity index (χ0) is 13.8. The summed E-state index contributed by atoms with van der Waals surface area (Å²) in [5.74, 6) is -0.237. The zero-order valence-corrected chi connectivity index (χ0v) is 10.6. The van der Waals surface area contributed by atoms with E-state index in [4.69, 9.17) is 4.74 Å². The van der Waals surface area contributed by atoms with Gasteiger partial charge in [0.2, 0.25) is 23.7 Å². The largest absolute Gasteiger partial charge is 0.464 e. The molecule has 1 aromatic heterocycles. The SMILES string of the molecule is CCOc1nc(NC)nc(N2CC(=O)NC(=O)C2)n1. The molecule has 0 aromatic carbocycles. The summed E-state index contributed by atoms with van der Waals surface area (Å²) in [4.78, 5) is 36.3. The van der Waals surface area contributed by atoms with Gasteiger partial charge in [-0.25, -0.2) is 0 Å². The van der Waals surface area contributed by atoms with Crippen molar-refractivity contribution in [2.75, 3.05) is 37.0 Å². The Labute approximate surface area is 109 Å². The predicted molar refractivity (Wildman–Crippen MR) is 65.9 cm³/mol. The molecule has 1 saturated heterocycles. The molecule has 9 nitrogen and oxygen atoms in total. The van der Waals surface area contributed by atoms with Crippen LogP contribution in [0.25, 0.3) is 0 Å². The van der Waals surface area contributed by atoms with E-state index < -0.39 is 0 Å². The van der Waals surface area contributed by atoms with Gasteiger partial charge in [-0.2, -0.15) is 15.0 Å². The molecule has 2 rings (SSSR count). The molecule has 0 spiro atoms. The van der Waals surface area contributed by atoms with Crippen LogP contribution in [0.5, 0.6) is 6.01 Å². The molecule has 0 aliphatic carbocycles. The Morgan fingerprint density at radius 2 is 1.95 bits per heavy atom. The van der Waals surface area contributed by atoms with Crippen molar-refractivity contribution < 1.29 is 14.3 Å². The Bertz CT molecular complexity index is 490. The number of nitrogens with zero attached hydrogens (tertiary/aromatic N) is 4. The summed E-state index contributed by atoms with van der Waals surface area (Å²) in [6.07, 6.45) is 0. The highest BCUT2D eigenvalue weighted by Crippen LogP contribution is 2.15. The third-order valence-corrected chi connectivity index (χ3v) is 2.33. The van der Waals surface area contributed by atoms with Crippen LogP contribution in [-0.2, 0) is 9.59 Å². The molecule has 1 aliphatic heterocycles. The van der Waals surface area contributed by atoms with Crippen LogP contribution in [0.2, 0.25) is 0 Å².